The number of nitrogens with zero attached hydrogens (tertiary/aromatic N) is 2. The van der Waals surface area contributed by atoms with E-state index >= 15 is 0 Å². The third-order valence-electron chi connectivity index (χ3n) is 1.44. The first-order chi connectivity index (χ1) is 8.52. The highest BCUT2D eigenvalue weighted by atomic mass is 16.5. The summed E-state index contributed by atoms with van der Waals surface area (Å²) in [6.07, 6.45) is 0. The van der Waals surface area contributed by atoms with Crippen LogP contribution in [0.5, 0.6) is 0 Å². The van der Waals surface area contributed by atoms with Crippen LogP contribution >= 0.6 is 0 Å². The zero-order chi connectivity index (χ0) is 14.0. The van der Waals surface area contributed by atoms with E-state index in [1.807, 2.05) is 0 Å². The minimum Gasteiger partial charge on any atom is -0.448 e. The van der Waals surface area contributed by atoms with Crippen molar-refractivity contribution in [2.75, 3.05) is 13.2 Å². The second-order valence-corrected chi connectivity index (χ2v) is 2.69. The minimum absolute atomic E-state index is 0.254. The van der Waals surface area contributed by atoms with Gasteiger partial charge in [0.05, 0.1) is 0 Å². The van der Waals surface area contributed by atoms with Crippen molar-refractivity contribution in [3.05, 3.63) is 24.3 Å². The number of nitriles is 2. The number of carbonyl (C=O) groups excluding carboxylic acids is 2. The summed E-state index contributed by atoms with van der Waals surface area (Å²) in [6.45, 7) is 5.79. The molecule has 0 aliphatic rings. The standard InChI is InChI=1S/C12H8N2O4/c1-9(7-13)11(15)17-5-3-4-6-18-12(16)10(2)8-14/h1-2,5-6H2. The smallest absolute Gasteiger partial charge is 0.349 e. The monoisotopic (exact) mass is 244 g/mol. The van der Waals surface area contributed by atoms with Gasteiger partial charge in [-0.25, -0.2) is 9.59 Å². The van der Waals surface area contributed by atoms with Gasteiger partial charge in [-0.1, -0.05) is 25.0 Å². The molecule has 0 aliphatic carbocycles. The predicted octanol–water partition coefficient (Wildman–Crippen LogP) is 0.236. The molecule has 90 valence electrons. The molecule has 6 nitrogen and oxygen atoms in total. The van der Waals surface area contributed by atoms with E-state index in [4.69, 9.17) is 10.5 Å². The van der Waals surface area contributed by atoms with E-state index in [9.17, 15) is 9.59 Å². The zero-order valence-corrected chi connectivity index (χ0v) is 9.36. The first kappa shape index (κ1) is 15.0. The summed E-state index contributed by atoms with van der Waals surface area (Å²) in [5.74, 6) is 3.03. The van der Waals surface area contributed by atoms with Crippen molar-refractivity contribution in [3.63, 3.8) is 0 Å². The van der Waals surface area contributed by atoms with Crippen molar-refractivity contribution < 1.29 is 19.1 Å². The van der Waals surface area contributed by atoms with Crippen LogP contribution in [0.2, 0.25) is 0 Å². The molecule has 0 aromatic carbocycles. The number of hydrogen-bond acceptors (Lipinski definition) is 6. The number of carbonyl (C=O) groups is 2. The molecular weight excluding hydrogens is 236 g/mol. The summed E-state index contributed by atoms with van der Waals surface area (Å²) < 4.78 is 9.05. The van der Waals surface area contributed by atoms with Crippen LogP contribution in [0.3, 0.4) is 0 Å². The lowest BCUT2D eigenvalue weighted by Gasteiger charge is -1.97. The molecule has 0 bridgehead atoms. The fourth-order valence-electron chi connectivity index (χ4n) is 0.571. The molecule has 0 rings (SSSR count). The van der Waals surface area contributed by atoms with E-state index in [1.165, 1.54) is 12.1 Å². The molecule has 18 heavy (non-hydrogen) atoms. The maximum Gasteiger partial charge on any atom is 0.349 e. The minimum atomic E-state index is -0.860. The average molecular weight is 244 g/mol. The normalized spacial score (nSPS) is 7.67. The Morgan fingerprint density at radius 3 is 1.50 bits per heavy atom. The highest BCUT2D eigenvalue weighted by molar-refractivity contribution is 5.92. The average Bonchev–Trinajstić information content (AvgIpc) is 2.39. The summed E-state index contributed by atoms with van der Waals surface area (Å²) in [5.41, 5.74) is -0.651. The van der Waals surface area contributed by atoms with Crippen molar-refractivity contribution in [3.8, 4) is 24.0 Å². The summed E-state index contributed by atoms with van der Waals surface area (Å²) in [6, 6.07) is 3.05. The van der Waals surface area contributed by atoms with Crippen molar-refractivity contribution in [2.45, 2.75) is 0 Å². The number of rotatable bonds is 4. The Hall–Kier alpha value is -3.04. The quantitative estimate of drug-likeness (QED) is 0.304. The van der Waals surface area contributed by atoms with Gasteiger partial charge in [0.25, 0.3) is 0 Å². The van der Waals surface area contributed by atoms with E-state index < -0.39 is 11.9 Å². The number of hydrogen-bond donors (Lipinski definition) is 0. The number of esters is 2. The van der Waals surface area contributed by atoms with Gasteiger partial charge in [-0.05, 0) is 0 Å². The van der Waals surface area contributed by atoms with Crippen molar-refractivity contribution in [2.24, 2.45) is 0 Å². The molecule has 0 radical (unpaired) electrons. The maximum absolute atomic E-state index is 10.9. The molecule has 6 heteroatoms. The van der Waals surface area contributed by atoms with Gasteiger partial charge >= 0.3 is 11.9 Å². The van der Waals surface area contributed by atoms with Crippen molar-refractivity contribution in [1.29, 1.82) is 10.5 Å². The second-order valence-electron chi connectivity index (χ2n) is 2.69. The largest absolute Gasteiger partial charge is 0.448 e. The molecule has 0 N–H and O–H groups in total. The molecule has 0 atom stereocenters. The van der Waals surface area contributed by atoms with Crippen molar-refractivity contribution >= 4 is 11.9 Å². The Balaban J connectivity index is 3.90. The summed E-state index contributed by atoms with van der Waals surface area (Å²) >= 11 is 0. The van der Waals surface area contributed by atoms with Gasteiger partial charge in [-0.15, -0.1) is 0 Å². The predicted molar refractivity (Wildman–Crippen MR) is 59.2 cm³/mol. The molecule has 0 heterocycles. The molecule has 0 amide bonds. The van der Waals surface area contributed by atoms with E-state index in [1.54, 1.807) is 0 Å². The van der Waals surface area contributed by atoms with Crippen LogP contribution in [0.25, 0.3) is 0 Å². The number of ether oxygens (including phenoxy) is 2. The van der Waals surface area contributed by atoms with E-state index in [0.717, 1.165) is 0 Å². The Morgan fingerprint density at radius 2 is 1.22 bits per heavy atom. The fourth-order valence-corrected chi connectivity index (χ4v) is 0.571. The van der Waals surface area contributed by atoms with Crippen LogP contribution < -0.4 is 0 Å². The van der Waals surface area contributed by atoms with E-state index in [2.05, 4.69) is 34.5 Å². The fraction of sp³-hybridized carbons (Fsp3) is 0.167. The first-order valence-electron chi connectivity index (χ1n) is 4.51. The SMILES string of the molecule is C=C(C#N)C(=O)OCC#CCOC(=O)C(=C)C#N. The first-order valence-corrected chi connectivity index (χ1v) is 4.51. The molecule has 0 saturated carbocycles. The van der Waals surface area contributed by atoms with E-state index in [-0.39, 0.29) is 24.4 Å². The Morgan fingerprint density at radius 1 is 0.889 bits per heavy atom. The highest BCUT2D eigenvalue weighted by Gasteiger charge is 2.06. The maximum atomic E-state index is 10.9. The molecule has 0 fully saturated rings. The van der Waals surface area contributed by atoms with Crippen LogP contribution in [0.15, 0.2) is 24.3 Å². The zero-order valence-electron chi connectivity index (χ0n) is 9.36. The van der Waals surface area contributed by atoms with Crippen molar-refractivity contribution in [1.82, 2.24) is 0 Å². The van der Waals surface area contributed by atoms with Gasteiger partial charge < -0.3 is 9.47 Å². The van der Waals surface area contributed by atoms with Crippen LogP contribution in [0.4, 0.5) is 0 Å². The van der Waals surface area contributed by atoms with Crippen LogP contribution in [0.1, 0.15) is 0 Å². The Kier molecular flexibility index (Phi) is 6.77. The lowest BCUT2D eigenvalue weighted by atomic mass is 10.3. The third-order valence-corrected chi connectivity index (χ3v) is 1.44. The van der Waals surface area contributed by atoms with Gasteiger partial charge in [0, 0.05) is 0 Å². The van der Waals surface area contributed by atoms with E-state index in [0.29, 0.717) is 0 Å². The van der Waals surface area contributed by atoms with Gasteiger partial charge in [-0.3, -0.25) is 0 Å². The topological polar surface area (TPSA) is 100 Å². The lowest BCUT2D eigenvalue weighted by molar-refractivity contribution is -0.138. The van der Waals surface area contributed by atoms with Crippen LogP contribution in [-0.4, -0.2) is 25.2 Å². The van der Waals surface area contributed by atoms with Gasteiger partial charge in [0.2, 0.25) is 0 Å². The van der Waals surface area contributed by atoms with Gasteiger partial charge in [0.15, 0.2) is 13.2 Å². The van der Waals surface area contributed by atoms with Gasteiger partial charge in [-0.2, -0.15) is 10.5 Å². The molecule has 0 spiro atoms. The van der Waals surface area contributed by atoms with Gasteiger partial charge in [0.1, 0.15) is 23.3 Å². The van der Waals surface area contributed by atoms with Crippen LogP contribution in [-0.2, 0) is 19.1 Å². The summed E-state index contributed by atoms with van der Waals surface area (Å²) in [4.78, 5) is 21.8. The third kappa shape index (κ3) is 5.75. The summed E-state index contributed by atoms with van der Waals surface area (Å²) in [5, 5.41) is 16.6. The molecule has 0 unspecified atom stereocenters. The lowest BCUT2D eigenvalue weighted by Crippen LogP contribution is -2.07. The molecule has 0 aliphatic heterocycles. The highest BCUT2D eigenvalue weighted by Crippen LogP contribution is 1.92. The van der Waals surface area contributed by atoms with Crippen LogP contribution in [0, 0.1) is 34.5 Å². The summed E-state index contributed by atoms with van der Waals surface area (Å²) in [7, 11) is 0. The Labute approximate surface area is 104 Å². The second kappa shape index (κ2) is 8.15. The molecule has 0 aromatic heterocycles. The Bertz CT molecular complexity index is 477. The molecular formula is C12H8N2O4. The molecule has 0 saturated heterocycles. The molecule has 0 aromatic rings.